The van der Waals surface area contributed by atoms with Crippen molar-refractivity contribution >= 4 is 11.4 Å². The van der Waals surface area contributed by atoms with Crippen LogP contribution in [0.5, 0.6) is 0 Å². The summed E-state index contributed by atoms with van der Waals surface area (Å²) in [6, 6.07) is 5.14. The minimum absolute atomic E-state index is 0.133. The van der Waals surface area contributed by atoms with Crippen LogP contribution in [0.15, 0.2) is 18.2 Å². The van der Waals surface area contributed by atoms with Crippen LogP contribution in [0.1, 0.15) is 39.2 Å². The van der Waals surface area contributed by atoms with E-state index in [0.717, 1.165) is 18.4 Å². The molecule has 0 atom stereocenters. The van der Waals surface area contributed by atoms with Crippen LogP contribution >= 0.6 is 0 Å². The fourth-order valence-electron chi connectivity index (χ4n) is 1.99. The van der Waals surface area contributed by atoms with E-state index in [0.29, 0.717) is 5.69 Å². The van der Waals surface area contributed by atoms with Crippen molar-refractivity contribution in [3.05, 3.63) is 33.9 Å². The molecule has 0 aliphatic heterocycles. The largest absolute Gasteiger partial charge is 0.374 e. The third-order valence-corrected chi connectivity index (χ3v) is 2.79. The maximum Gasteiger partial charge on any atom is 0.292 e. The van der Waals surface area contributed by atoms with Gasteiger partial charge in [0.1, 0.15) is 5.69 Å². The van der Waals surface area contributed by atoms with Crippen molar-refractivity contribution in [2.24, 2.45) is 0 Å². The lowest BCUT2D eigenvalue weighted by Gasteiger charge is -2.27. The van der Waals surface area contributed by atoms with Gasteiger partial charge in [-0.05, 0) is 32.8 Å². The lowest BCUT2D eigenvalue weighted by molar-refractivity contribution is -0.384. The van der Waals surface area contributed by atoms with E-state index in [9.17, 15) is 10.1 Å². The summed E-state index contributed by atoms with van der Waals surface area (Å²) in [6.45, 7) is 8.12. The Hall–Kier alpha value is -1.58. The molecule has 0 heterocycles. The zero-order valence-electron chi connectivity index (χ0n) is 10.9. The molecule has 4 heteroatoms. The van der Waals surface area contributed by atoms with Crippen LogP contribution in [0.25, 0.3) is 0 Å². The number of anilines is 1. The van der Waals surface area contributed by atoms with E-state index in [1.807, 2.05) is 13.0 Å². The van der Waals surface area contributed by atoms with Crippen molar-refractivity contribution < 1.29 is 4.92 Å². The van der Waals surface area contributed by atoms with Gasteiger partial charge in [-0.15, -0.1) is 0 Å². The van der Waals surface area contributed by atoms with Gasteiger partial charge in [0.15, 0.2) is 0 Å². The Morgan fingerprint density at radius 3 is 2.59 bits per heavy atom. The molecular formula is C13H20N2O2. The van der Waals surface area contributed by atoms with Crippen molar-refractivity contribution in [1.82, 2.24) is 0 Å². The highest BCUT2D eigenvalue weighted by Gasteiger charge is 2.22. The lowest BCUT2D eigenvalue weighted by Crippen LogP contribution is -2.31. The number of nitro benzene ring substituents is 1. The molecule has 0 radical (unpaired) electrons. The molecular weight excluding hydrogens is 216 g/mol. The van der Waals surface area contributed by atoms with Gasteiger partial charge in [-0.3, -0.25) is 10.1 Å². The Morgan fingerprint density at radius 1 is 1.41 bits per heavy atom. The summed E-state index contributed by atoms with van der Waals surface area (Å²) in [6.07, 6.45) is 2.01. The second kappa shape index (κ2) is 5.17. The maximum absolute atomic E-state index is 11.0. The predicted molar refractivity (Wildman–Crippen MR) is 70.4 cm³/mol. The van der Waals surface area contributed by atoms with Crippen LogP contribution in [-0.2, 0) is 0 Å². The summed E-state index contributed by atoms with van der Waals surface area (Å²) in [4.78, 5) is 10.6. The minimum Gasteiger partial charge on any atom is -0.374 e. The highest BCUT2D eigenvalue weighted by atomic mass is 16.6. The van der Waals surface area contributed by atoms with Crippen LogP contribution in [0.2, 0.25) is 0 Å². The Morgan fingerprint density at radius 2 is 2.06 bits per heavy atom. The fraction of sp³-hybridized carbons (Fsp3) is 0.538. The Labute approximate surface area is 102 Å². The minimum atomic E-state index is -0.336. The third-order valence-electron chi connectivity index (χ3n) is 2.79. The molecule has 0 aliphatic rings. The van der Waals surface area contributed by atoms with Crippen molar-refractivity contribution in [3.8, 4) is 0 Å². The Kier molecular flexibility index (Phi) is 4.10. The van der Waals surface area contributed by atoms with Gasteiger partial charge < -0.3 is 5.32 Å². The van der Waals surface area contributed by atoms with Gasteiger partial charge >= 0.3 is 0 Å². The quantitative estimate of drug-likeness (QED) is 0.623. The number of hydrogen-bond donors (Lipinski definition) is 1. The van der Waals surface area contributed by atoms with E-state index in [1.165, 1.54) is 6.07 Å². The fourth-order valence-corrected chi connectivity index (χ4v) is 1.99. The number of nitro groups is 1. The van der Waals surface area contributed by atoms with Gasteiger partial charge in [0.25, 0.3) is 5.69 Å². The van der Waals surface area contributed by atoms with E-state index in [2.05, 4.69) is 26.1 Å². The lowest BCUT2D eigenvalue weighted by atomic mass is 9.97. The van der Waals surface area contributed by atoms with Crippen LogP contribution in [0.4, 0.5) is 11.4 Å². The van der Waals surface area contributed by atoms with E-state index < -0.39 is 0 Å². The normalized spacial score (nSPS) is 11.3. The SMILES string of the molecule is CCCC(C)(C)Nc1c(C)cccc1[N+](=O)[O-]. The number of nitrogens with one attached hydrogen (secondary N) is 1. The molecule has 1 N–H and O–H groups in total. The van der Waals surface area contributed by atoms with Crippen molar-refractivity contribution in [3.63, 3.8) is 0 Å². The number of para-hydroxylation sites is 1. The van der Waals surface area contributed by atoms with Crippen molar-refractivity contribution in [2.45, 2.75) is 46.1 Å². The summed E-state index contributed by atoms with van der Waals surface area (Å²) in [5, 5.41) is 14.3. The van der Waals surface area contributed by atoms with Gasteiger partial charge in [0, 0.05) is 11.6 Å². The second-order valence-corrected chi connectivity index (χ2v) is 4.99. The number of nitrogens with zero attached hydrogens (tertiary/aromatic N) is 1. The zero-order chi connectivity index (χ0) is 13.1. The standard InChI is InChI=1S/C13H20N2O2/c1-5-9-13(3,4)14-12-10(2)7-6-8-11(12)15(16)17/h6-8,14H,5,9H2,1-4H3. The van der Waals surface area contributed by atoms with Crippen LogP contribution in [0.3, 0.4) is 0 Å². The molecule has 0 aliphatic carbocycles. The number of aryl methyl sites for hydroxylation is 1. The molecule has 1 rings (SSSR count). The smallest absolute Gasteiger partial charge is 0.292 e. The topological polar surface area (TPSA) is 55.2 Å². The number of benzene rings is 1. The van der Waals surface area contributed by atoms with Crippen LogP contribution < -0.4 is 5.32 Å². The monoisotopic (exact) mass is 236 g/mol. The van der Waals surface area contributed by atoms with E-state index in [1.54, 1.807) is 6.07 Å². The molecule has 0 unspecified atom stereocenters. The van der Waals surface area contributed by atoms with Crippen molar-refractivity contribution in [2.75, 3.05) is 5.32 Å². The molecule has 0 saturated heterocycles. The summed E-state index contributed by atoms with van der Waals surface area (Å²) < 4.78 is 0. The molecule has 1 aromatic carbocycles. The maximum atomic E-state index is 11.0. The zero-order valence-corrected chi connectivity index (χ0v) is 10.9. The van der Waals surface area contributed by atoms with Crippen molar-refractivity contribution in [1.29, 1.82) is 0 Å². The molecule has 0 aromatic heterocycles. The van der Waals surface area contributed by atoms with Gasteiger partial charge in [-0.25, -0.2) is 0 Å². The average Bonchev–Trinajstić information content (AvgIpc) is 2.20. The van der Waals surface area contributed by atoms with Gasteiger partial charge in [-0.2, -0.15) is 0 Å². The Bertz CT molecular complexity index is 414. The summed E-state index contributed by atoms with van der Waals surface area (Å²) in [5.41, 5.74) is 1.56. The first kappa shape index (κ1) is 13.5. The molecule has 0 spiro atoms. The first-order chi connectivity index (χ1) is 7.87. The van der Waals surface area contributed by atoms with Crippen LogP contribution in [0, 0.1) is 17.0 Å². The Balaban J connectivity index is 3.08. The molecule has 1 aromatic rings. The van der Waals surface area contributed by atoms with E-state index >= 15 is 0 Å². The summed E-state index contributed by atoms with van der Waals surface area (Å²) in [7, 11) is 0. The predicted octanol–water partition coefficient (Wildman–Crippen LogP) is 3.89. The third kappa shape index (κ3) is 3.44. The van der Waals surface area contributed by atoms with Crippen LogP contribution in [-0.4, -0.2) is 10.5 Å². The number of hydrogen-bond acceptors (Lipinski definition) is 3. The highest BCUT2D eigenvalue weighted by molar-refractivity contribution is 5.66. The molecule has 0 amide bonds. The highest BCUT2D eigenvalue weighted by Crippen LogP contribution is 2.31. The van der Waals surface area contributed by atoms with E-state index in [-0.39, 0.29) is 16.1 Å². The number of rotatable bonds is 5. The van der Waals surface area contributed by atoms with E-state index in [4.69, 9.17) is 0 Å². The molecule has 17 heavy (non-hydrogen) atoms. The summed E-state index contributed by atoms with van der Waals surface area (Å²) in [5.74, 6) is 0. The molecule has 94 valence electrons. The summed E-state index contributed by atoms with van der Waals surface area (Å²) >= 11 is 0. The first-order valence-corrected chi connectivity index (χ1v) is 5.89. The average molecular weight is 236 g/mol. The molecule has 0 saturated carbocycles. The second-order valence-electron chi connectivity index (χ2n) is 4.99. The molecule has 0 fully saturated rings. The van der Waals surface area contributed by atoms with Gasteiger partial charge in [0.2, 0.25) is 0 Å². The van der Waals surface area contributed by atoms with Gasteiger partial charge in [0.05, 0.1) is 4.92 Å². The first-order valence-electron chi connectivity index (χ1n) is 5.89. The molecule has 0 bridgehead atoms. The van der Waals surface area contributed by atoms with Gasteiger partial charge in [-0.1, -0.05) is 25.5 Å². The molecule has 4 nitrogen and oxygen atoms in total.